The van der Waals surface area contributed by atoms with Crippen molar-refractivity contribution in [3.8, 4) is 16.9 Å². The Morgan fingerprint density at radius 2 is 1.77 bits per heavy atom. The number of primary amides is 1. The maximum atomic E-state index is 13.9. The summed E-state index contributed by atoms with van der Waals surface area (Å²) in [6.45, 7) is 0. The molecule has 1 amide bonds. The molecule has 1 aromatic carbocycles. The summed E-state index contributed by atoms with van der Waals surface area (Å²) in [4.78, 5) is 34.0. The molecular weight excluding hydrogens is 504 g/mol. The molecule has 1 fully saturated rings. The number of anilines is 1. The van der Waals surface area contributed by atoms with E-state index in [0.29, 0.717) is 5.56 Å². The lowest BCUT2D eigenvalue weighted by Gasteiger charge is -2.51. The second kappa shape index (κ2) is 9.08. The van der Waals surface area contributed by atoms with Gasteiger partial charge in [0.2, 0.25) is 5.79 Å². The molecule has 7 N–H and O–H groups in total. The summed E-state index contributed by atoms with van der Waals surface area (Å²) >= 11 is 0. The number of Topliss-reactive ketones (excluding diaryl/α,β-unsaturated/α-hetero) is 1. The number of nitrogens with two attached hydrogens (primary N) is 1. The van der Waals surface area contributed by atoms with Gasteiger partial charge >= 0.3 is 0 Å². The number of aliphatic hydroxyl groups excluding tert-OH is 2. The van der Waals surface area contributed by atoms with Crippen LogP contribution in [0.1, 0.15) is 17.5 Å². The highest BCUT2D eigenvalue weighted by Crippen LogP contribution is 2.54. The van der Waals surface area contributed by atoms with Crippen LogP contribution in [0.2, 0.25) is 0 Å². The number of hydrogen-bond acceptors (Lipinski definition) is 10. The van der Waals surface area contributed by atoms with Gasteiger partial charge in [-0.05, 0) is 68.1 Å². The van der Waals surface area contributed by atoms with Crippen molar-refractivity contribution in [3.05, 3.63) is 58.5 Å². The smallest absolute Gasteiger partial charge is 0.253 e. The lowest BCUT2D eigenvalue weighted by molar-refractivity contribution is -0.203. The van der Waals surface area contributed by atoms with Crippen molar-refractivity contribution in [1.82, 2.24) is 9.88 Å². The van der Waals surface area contributed by atoms with E-state index in [1.54, 1.807) is 31.3 Å². The number of fused-ring (bicyclic) bond motifs is 3. The second-order valence-corrected chi connectivity index (χ2v) is 10.9. The van der Waals surface area contributed by atoms with Crippen molar-refractivity contribution in [3.63, 3.8) is 0 Å². The van der Waals surface area contributed by atoms with Gasteiger partial charge in [0.1, 0.15) is 28.7 Å². The fourth-order valence-corrected chi connectivity index (χ4v) is 6.64. The molecule has 4 atom stereocenters. The maximum absolute atomic E-state index is 13.9. The van der Waals surface area contributed by atoms with Crippen LogP contribution in [0.15, 0.2) is 47.4 Å². The molecule has 1 aromatic heterocycles. The van der Waals surface area contributed by atoms with Crippen LogP contribution < -0.4 is 10.6 Å². The number of hydrogen-bond donors (Lipinski definition) is 6. The fraction of sp³-hybridized carbons (Fsp3) is 0.393. The first-order valence-corrected chi connectivity index (χ1v) is 12.6. The number of rotatable bonds is 4. The molecule has 5 rings (SSSR count). The van der Waals surface area contributed by atoms with Crippen molar-refractivity contribution in [2.75, 3.05) is 33.1 Å². The number of likely N-dealkylation sites (N-methyl/N-ethyl adjacent to an activating group) is 1. The number of phenolic OH excluding ortho intramolecular Hbond substituents is 1. The lowest BCUT2D eigenvalue weighted by atomic mass is 9.57. The van der Waals surface area contributed by atoms with Gasteiger partial charge in [0, 0.05) is 31.4 Å². The van der Waals surface area contributed by atoms with Gasteiger partial charge in [-0.1, -0.05) is 6.07 Å². The SMILES string of the molecule is CN(C)c1ccc(-c2ccc(O)c3c2CC2CC4C(C(=O)C2=C3O)C(O)(O)C(C(N)=O)=C(O)[C@H]4N(C)C)cn1. The topological polar surface area (TPSA) is 181 Å². The van der Waals surface area contributed by atoms with Crippen LogP contribution in [0.25, 0.3) is 16.9 Å². The average Bonchev–Trinajstić information content (AvgIpc) is 2.82. The number of nitrogens with zero attached hydrogens (tertiary/aromatic N) is 3. The Hall–Kier alpha value is -3.93. The number of benzene rings is 1. The highest BCUT2D eigenvalue weighted by atomic mass is 16.5. The third-order valence-corrected chi connectivity index (χ3v) is 8.24. The molecule has 0 aliphatic heterocycles. The van der Waals surface area contributed by atoms with Crippen molar-refractivity contribution in [2.24, 2.45) is 23.5 Å². The molecule has 3 aliphatic rings. The van der Waals surface area contributed by atoms with Gasteiger partial charge < -0.3 is 36.2 Å². The van der Waals surface area contributed by atoms with E-state index in [0.717, 1.165) is 16.9 Å². The predicted molar refractivity (Wildman–Crippen MR) is 143 cm³/mol. The second-order valence-electron chi connectivity index (χ2n) is 10.9. The Kier molecular flexibility index (Phi) is 6.21. The molecule has 11 heteroatoms. The van der Waals surface area contributed by atoms with Crippen LogP contribution in [0.5, 0.6) is 5.75 Å². The minimum atomic E-state index is -3.05. The molecule has 0 saturated heterocycles. The molecular formula is C28H32N4O7. The van der Waals surface area contributed by atoms with Gasteiger partial charge in [-0.15, -0.1) is 0 Å². The molecule has 0 bridgehead atoms. The Morgan fingerprint density at radius 3 is 2.33 bits per heavy atom. The Balaban J connectivity index is 1.67. The molecule has 0 radical (unpaired) electrons. The zero-order valence-corrected chi connectivity index (χ0v) is 22.1. The summed E-state index contributed by atoms with van der Waals surface area (Å²) in [5.41, 5.74) is 6.71. The van der Waals surface area contributed by atoms with Crippen molar-refractivity contribution >= 4 is 23.3 Å². The lowest BCUT2D eigenvalue weighted by Crippen LogP contribution is -2.62. The normalized spacial score (nSPS) is 25.8. The van der Waals surface area contributed by atoms with Crippen LogP contribution in [0.3, 0.4) is 0 Å². The van der Waals surface area contributed by atoms with Gasteiger partial charge in [-0.2, -0.15) is 0 Å². The molecule has 206 valence electrons. The zero-order chi connectivity index (χ0) is 28.5. The van der Waals surface area contributed by atoms with E-state index in [9.17, 15) is 35.1 Å². The number of phenols is 1. The quantitative estimate of drug-likeness (QED) is 0.310. The van der Waals surface area contributed by atoms with Gasteiger partial charge in [0.15, 0.2) is 5.78 Å². The summed E-state index contributed by atoms with van der Waals surface area (Å²) in [5, 5.41) is 55.2. The first kappa shape index (κ1) is 26.7. The molecule has 3 unspecified atom stereocenters. The molecule has 2 aromatic rings. The first-order chi connectivity index (χ1) is 18.3. The Labute approximate surface area is 225 Å². The number of allylic oxidation sites excluding steroid dienone is 1. The largest absolute Gasteiger partial charge is 0.510 e. The molecule has 11 nitrogen and oxygen atoms in total. The zero-order valence-electron chi connectivity index (χ0n) is 22.1. The number of aromatic hydroxyl groups is 1. The molecule has 0 spiro atoms. The average molecular weight is 537 g/mol. The monoisotopic (exact) mass is 536 g/mol. The summed E-state index contributed by atoms with van der Waals surface area (Å²) in [6, 6.07) is 6.00. The number of aromatic nitrogens is 1. The van der Waals surface area contributed by atoms with Gasteiger partial charge in [0.25, 0.3) is 5.91 Å². The van der Waals surface area contributed by atoms with E-state index in [4.69, 9.17) is 5.73 Å². The van der Waals surface area contributed by atoms with E-state index in [2.05, 4.69) is 4.98 Å². The summed E-state index contributed by atoms with van der Waals surface area (Å²) < 4.78 is 0. The van der Waals surface area contributed by atoms with Crippen molar-refractivity contribution in [2.45, 2.75) is 24.7 Å². The fourth-order valence-electron chi connectivity index (χ4n) is 6.64. The van der Waals surface area contributed by atoms with Crippen LogP contribution >= 0.6 is 0 Å². The predicted octanol–water partition coefficient (Wildman–Crippen LogP) is 1.09. The van der Waals surface area contributed by atoms with Crippen LogP contribution in [-0.2, 0) is 16.0 Å². The summed E-state index contributed by atoms with van der Waals surface area (Å²) in [6.07, 6.45) is 2.15. The number of carbonyl (C=O) groups excluding carboxylic acids is 2. The van der Waals surface area contributed by atoms with E-state index in [1.807, 2.05) is 31.1 Å². The van der Waals surface area contributed by atoms with E-state index in [-0.39, 0.29) is 29.7 Å². The van der Waals surface area contributed by atoms with Crippen LogP contribution in [-0.4, -0.2) is 87.1 Å². The minimum absolute atomic E-state index is 0.0486. The molecule has 1 heterocycles. The number of amides is 1. The van der Waals surface area contributed by atoms with Crippen molar-refractivity contribution in [1.29, 1.82) is 0 Å². The van der Waals surface area contributed by atoms with E-state index >= 15 is 0 Å². The number of ketones is 1. The minimum Gasteiger partial charge on any atom is -0.510 e. The first-order valence-electron chi connectivity index (χ1n) is 12.6. The highest BCUT2D eigenvalue weighted by Gasteiger charge is 2.62. The number of pyridine rings is 1. The standard InChI is InChI=1S/C28H32N4O7/c1-31(2)18-8-5-12(11-30-18)14-6-7-17(33)20-15(14)9-13-10-16-21(25(35)19(13)24(20)34)28(38,39)22(27(29)37)26(36)23(16)32(3)4/h5-8,11,13,16,21,23,33-34,36,38-39H,9-10H2,1-4H3,(H2,29,37)/t13?,16?,21?,23-/m0/s1. The Bertz CT molecular complexity index is 1440. The number of aliphatic hydroxyl groups is 4. The Morgan fingerprint density at radius 1 is 1.08 bits per heavy atom. The van der Waals surface area contributed by atoms with Crippen LogP contribution in [0, 0.1) is 17.8 Å². The molecule has 3 aliphatic carbocycles. The third-order valence-electron chi connectivity index (χ3n) is 8.24. The summed E-state index contributed by atoms with van der Waals surface area (Å²) in [5.74, 6) is -8.54. The highest BCUT2D eigenvalue weighted by molar-refractivity contribution is 6.08. The van der Waals surface area contributed by atoms with E-state index in [1.165, 1.54) is 6.07 Å². The van der Waals surface area contributed by atoms with E-state index < -0.39 is 58.4 Å². The van der Waals surface area contributed by atoms with Gasteiger partial charge in [0.05, 0.1) is 17.5 Å². The maximum Gasteiger partial charge on any atom is 0.253 e. The van der Waals surface area contributed by atoms with Crippen molar-refractivity contribution < 1.29 is 35.1 Å². The van der Waals surface area contributed by atoms with Gasteiger partial charge in [-0.25, -0.2) is 4.98 Å². The van der Waals surface area contributed by atoms with Gasteiger partial charge in [-0.3, -0.25) is 14.5 Å². The molecule has 1 saturated carbocycles. The third kappa shape index (κ3) is 3.88. The van der Waals surface area contributed by atoms with Crippen LogP contribution in [0.4, 0.5) is 5.82 Å². The number of carbonyl (C=O) groups is 2. The molecule has 39 heavy (non-hydrogen) atoms. The summed E-state index contributed by atoms with van der Waals surface area (Å²) in [7, 11) is 7.03.